The number of carbonyl (C=O) groups is 1. The fourth-order valence-corrected chi connectivity index (χ4v) is 5.46. The van der Waals surface area contributed by atoms with Crippen LogP contribution in [0.4, 0.5) is 5.95 Å². The van der Waals surface area contributed by atoms with Gasteiger partial charge in [-0.2, -0.15) is 0 Å². The lowest BCUT2D eigenvalue weighted by molar-refractivity contribution is -0.116. The molecule has 0 atom stereocenters. The van der Waals surface area contributed by atoms with Crippen LogP contribution in [0, 0.1) is 0 Å². The van der Waals surface area contributed by atoms with Crippen molar-refractivity contribution in [1.29, 1.82) is 0 Å². The number of nitrogens with one attached hydrogen (secondary N) is 1. The fourth-order valence-electron chi connectivity index (χ4n) is 4.24. The minimum absolute atomic E-state index is 0.0343. The number of hydrogen-bond acceptors (Lipinski definition) is 5. The number of para-hydroxylation sites is 2. The summed E-state index contributed by atoms with van der Waals surface area (Å²) in [6.07, 6.45) is 6.04. The zero-order valence-electron chi connectivity index (χ0n) is 16.9. The summed E-state index contributed by atoms with van der Waals surface area (Å²) in [5.41, 5.74) is 2.98. The zero-order chi connectivity index (χ0) is 20.7. The number of anilines is 1. The van der Waals surface area contributed by atoms with Gasteiger partial charge in [-0.25, -0.2) is 9.97 Å². The van der Waals surface area contributed by atoms with Gasteiger partial charge in [0.15, 0.2) is 0 Å². The van der Waals surface area contributed by atoms with Gasteiger partial charge >= 0.3 is 0 Å². The molecule has 1 aromatic carbocycles. The molecule has 30 heavy (non-hydrogen) atoms. The summed E-state index contributed by atoms with van der Waals surface area (Å²) in [4.78, 5) is 36.8. The van der Waals surface area contributed by atoms with E-state index in [0.717, 1.165) is 40.5 Å². The Balaban J connectivity index is 1.35. The molecule has 0 spiro atoms. The molecule has 3 heterocycles. The highest BCUT2D eigenvalue weighted by molar-refractivity contribution is 7.18. The number of fused-ring (bicyclic) bond motifs is 4. The van der Waals surface area contributed by atoms with Gasteiger partial charge < -0.3 is 4.57 Å². The molecular formula is C22H23N5O2S. The van der Waals surface area contributed by atoms with Crippen LogP contribution in [0.1, 0.15) is 36.6 Å². The standard InChI is InChI=1S/C22H23N5O2S/c1-2-27-16-9-5-4-8-15(16)24-22(27)25-18(28)11-12-26-13-23-20-19(21(26)29)14-7-3-6-10-17(14)30-20/h4-5,8-9,13H,2-3,6-7,10-12H2,1H3,(H,24,25,28). The number of imidazole rings is 1. The van der Waals surface area contributed by atoms with Gasteiger partial charge in [-0.05, 0) is 50.3 Å². The first-order chi connectivity index (χ1) is 14.7. The number of hydrogen-bond donors (Lipinski definition) is 1. The van der Waals surface area contributed by atoms with Crippen molar-refractivity contribution in [2.24, 2.45) is 0 Å². The number of aromatic nitrogens is 4. The minimum Gasteiger partial charge on any atom is -0.310 e. The highest BCUT2D eigenvalue weighted by Crippen LogP contribution is 2.33. The lowest BCUT2D eigenvalue weighted by Gasteiger charge is -2.11. The number of rotatable bonds is 5. The number of aryl methyl sites for hydroxylation is 4. The molecule has 3 aromatic heterocycles. The molecule has 1 amide bonds. The molecule has 7 nitrogen and oxygen atoms in total. The van der Waals surface area contributed by atoms with Crippen molar-refractivity contribution >= 4 is 44.4 Å². The Hall–Kier alpha value is -3.00. The molecule has 4 aromatic rings. The van der Waals surface area contributed by atoms with Gasteiger partial charge in [-0.15, -0.1) is 11.3 Å². The molecule has 8 heteroatoms. The zero-order valence-corrected chi connectivity index (χ0v) is 17.7. The van der Waals surface area contributed by atoms with E-state index in [-0.39, 0.29) is 17.9 Å². The average molecular weight is 422 g/mol. The summed E-state index contributed by atoms with van der Waals surface area (Å²) in [6, 6.07) is 7.81. The van der Waals surface area contributed by atoms with E-state index in [9.17, 15) is 9.59 Å². The van der Waals surface area contributed by atoms with Gasteiger partial charge in [0.2, 0.25) is 11.9 Å². The molecule has 0 unspecified atom stereocenters. The van der Waals surface area contributed by atoms with E-state index in [1.165, 1.54) is 16.9 Å². The SMILES string of the molecule is CCn1c(NC(=O)CCn2cnc3sc4c(c3c2=O)CCCC4)nc2ccccc21. The van der Waals surface area contributed by atoms with Gasteiger partial charge in [0.1, 0.15) is 4.83 Å². The third-order valence-electron chi connectivity index (χ3n) is 5.74. The van der Waals surface area contributed by atoms with Crippen LogP contribution in [0.2, 0.25) is 0 Å². The van der Waals surface area contributed by atoms with Crippen LogP contribution in [0.3, 0.4) is 0 Å². The van der Waals surface area contributed by atoms with E-state index >= 15 is 0 Å². The molecule has 0 radical (unpaired) electrons. The first kappa shape index (κ1) is 19.0. The van der Waals surface area contributed by atoms with Crippen LogP contribution in [-0.4, -0.2) is 25.0 Å². The van der Waals surface area contributed by atoms with Gasteiger partial charge in [-0.3, -0.25) is 19.5 Å². The Kier molecular flexibility index (Phi) is 4.86. The van der Waals surface area contributed by atoms with Crippen molar-refractivity contribution in [3.05, 3.63) is 51.4 Å². The van der Waals surface area contributed by atoms with Crippen LogP contribution in [0.25, 0.3) is 21.3 Å². The smallest absolute Gasteiger partial charge is 0.262 e. The Labute approximate surface area is 177 Å². The second kappa shape index (κ2) is 7.68. The first-order valence-corrected chi connectivity index (χ1v) is 11.2. The molecule has 1 aliphatic carbocycles. The summed E-state index contributed by atoms with van der Waals surface area (Å²) in [7, 11) is 0. The van der Waals surface area contributed by atoms with Crippen molar-refractivity contribution in [2.75, 3.05) is 5.32 Å². The fraction of sp³-hybridized carbons (Fsp3) is 0.364. The Bertz CT molecular complexity index is 1320. The second-order valence-electron chi connectivity index (χ2n) is 7.60. The third kappa shape index (κ3) is 3.21. The summed E-state index contributed by atoms with van der Waals surface area (Å²) >= 11 is 1.64. The molecule has 154 valence electrons. The van der Waals surface area contributed by atoms with E-state index in [2.05, 4.69) is 15.3 Å². The topological polar surface area (TPSA) is 81.8 Å². The van der Waals surface area contributed by atoms with Gasteiger partial charge in [0.25, 0.3) is 5.56 Å². The maximum atomic E-state index is 13.0. The maximum Gasteiger partial charge on any atom is 0.262 e. The quantitative estimate of drug-likeness (QED) is 0.532. The van der Waals surface area contributed by atoms with E-state index in [4.69, 9.17) is 0 Å². The predicted octanol–water partition coefficient (Wildman–Crippen LogP) is 3.74. The maximum absolute atomic E-state index is 13.0. The van der Waals surface area contributed by atoms with Crippen molar-refractivity contribution in [3.63, 3.8) is 0 Å². The molecule has 0 bridgehead atoms. The molecule has 1 N–H and O–H groups in total. The number of carbonyl (C=O) groups excluding carboxylic acids is 1. The first-order valence-electron chi connectivity index (χ1n) is 10.4. The average Bonchev–Trinajstić information content (AvgIpc) is 3.31. The lowest BCUT2D eigenvalue weighted by atomic mass is 9.97. The van der Waals surface area contributed by atoms with Crippen molar-refractivity contribution in [1.82, 2.24) is 19.1 Å². The van der Waals surface area contributed by atoms with E-state index < -0.39 is 0 Å². The van der Waals surface area contributed by atoms with E-state index in [1.807, 2.05) is 35.8 Å². The number of nitrogens with zero attached hydrogens (tertiary/aromatic N) is 4. The van der Waals surface area contributed by atoms with Crippen molar-refractivity contribution < 1.29 is 4.79 Å². The monoisotopic (exact) mass is 421 g/mol. The van der Waals surface area contributed by atoms with Gasteiger partial charge in [0, 0.05) is 24.4 Å². The number of benzene rings is 1. The molecule has 0 saturated heterocycles. The highest BCUT2D eigenvalue weighted by Gasteiger charge is 2.20. The summed E-state index contributed by atoms with van der Waals surface area (Å²) < 4.78 is 3.54. The summed E-state index contributed by atoms with van der Waals surface area (Å²) in [5, 5.41) is 3.66. The molecule has 1 aliphatic rings. The molecular weight excluding hydrogens is 398 g/mol. The van der Waals surface area contributed by atoms with Crippen LogP contribution in [0.15, 0.2) is 35.4 Å². The Morgan fingerprint density at radius 3 is 2.93 bits per heavy atom. The summed E-state index contributed by atoms with van der Waals surface area (Å²) in [6.45, 7) is 3.02. The second-order valence-corrected chi connectivity index (χ2v) is 8.68. The number of thiophene rings is 1. The normalized spacial score (nSPS) is 13.6. The number of amides is 1. The lowest BCUT2D eigenvalue weighted by Crippen LogP contribution is -2.24. The van der Waals surface area contributed by atoms with Crippen molar-refractivity contribution in [2.45, 2.75) is 52.1 Å². The molecule has 0 fully saturated rings. The molecule has 5 rings (SSSR count). The summed E-state index contributed by atoms with van der Waals surface area (Å²) in [5.74, 6) is 0.371. The van der Waals surface area contributed by atoms with Crippen LogP contribution >= 0.6 is 11.3 Å². The molecule has 0 saturated carbocycles. The van der Waals surface area contributed by atoms with Crippen LogP contribution < -0.4 is 10.9 Å². The predicted molar refractivity (Wildman–Crippen MR) is 119 cm³/mol. The van der Waals surface area contributed by atoms with Crippen LogP contribution in [-0.2, 0) is 30.7 Å². The van der Waals surface area contributed by atoms with Crippen molar-refractivity contribution in [3.8, 4) is 0 Å². The van der Waals surface area contributed by atoms with Gasteiger partial charge in [0.05, 0.1) is 22.7 Å². The van der Waals surface area contributed by atoms with E-state index in [0.29, 0.717) is 19.0 Å². The molecule has 0 aliphatic heterocycles. The largest absolute Gasteiger partial charge is 0.310 e. The van der Waals surface area contributed by atoms with Gasteiger partial charge in [-0.1, -0.05) is 12.1 Å². The van der Waals surface area contributed by atoms with Crippen LogP contribution in [0.5, 0.6) is 0 Å². The Morgan fingerprint density at radius 1 is 1.23 bits per heavy atom. The Morgan fingerprint density at radius 2 is 2.07 bits per heavy atom. The third-order valence-corrected chi connectivity index (χ3v) is 6.94. The minimum atomic E-state index is -0.167. The van der Waals surface area contributed by atoms with E-state index in [1.54, 1.807) is 22.2 Å². The highest BCUT2D eigenvalue weighted by atomic mass is 32.1.